The molecule has 0 bridgehead atoms. The Labute approximate surface area is 92.8 Å². The smallest absolute Gasteiger partial charge is 0.340 e. The van der Waals surface area contributed by atoms with E-state index in [0.717, 1.165) is 32.8 Å². The molecule has 0 unspecified atom stereocenters. The van der Waals surface area contributed by atoms with Crippen molar-refractivity contribution in [1.29, 1.82) is 0 Å². The molecule has 6 heteroatoms. The molecule has 1 fully saturated rings. The summed E-state index contributed by atoms with van der Waals surface area (Å²) in [4.78, 5) is 13.0. The van der Waals surface area contributed by atoms with Crippen LogP contribution in [-0.2, 0) is 11.2 Å². The summed E-state index contributed by atoms with van der Waals surface area (Å²) in [5.74, 6) is -0.544. The van der Waals surface area contributed by atoms with Gasteiger partial charge in [0, 0.05) is 26.1 Å². The molecular formula is C10H14N2O4. The number of nitrogens with zero attached hydrogens (tertiary/aromatic N) is 2. The highest BCUT2D eigenvalue weighted by Crippen LogP contribution is 2.10. The van der Waals surface area contributed by atoms with E-state index in [-0.39, 0.29) is 5.56 Å². The molecule has 0 spiro atoms. The van der Waals surface area contributed by atoms with Crippen molar-refractivity contribution in [3.63, 3.8) is 0 Å². The molecule has 0 radical (unpaired) electrons. The maximum absolute atomic E-state index is 10.8. The van der Waals surface area contributed by atoms with Crippen LogP contribution in [0.4, 0.5) is 0 Å². The molecular weight excluding hydrogens is 212 g/mol. The molecule has 6 nitrogen and oxygen atoms in total. The number of hydrogen-bond donors (Lipinski definition) is 1. The first kappa shape index (κ1) is 11.1. The molecule has 0 atom stereocenters. The lowest BCUT2D eigenvalue weighted by atomic mass is 10.2. The average Bonchev–Trinajstić information content (AvgIpc) is 2.76. The van der Waals surface area contributed by atoms with Crippen molar-refractivity contribution in [2.24, 2.45) is 0 Å². The van der Waals surface area contributed by atoms with Crippen LogP contribution in [0.3, 0.4) is 0 Å². The Balaban J connectivity index is 1.88. The van der Waals surface area contributed by atoms with Crippen molar-refractivity contribution in [3.05, 3.63) is 17.5 Å². The zero-order chi connectivity index (χ0) is 11.4. The summed E-state index contributed by atoms with van der Waals surface area (Å²) in [7, 11) is 0. The van der Waals surface area contributed by atoms with Crippen molar-refractivity contribution in [2.45, 2.75) is 6.42 Å². The molecule has 1 N–H and O–H groups in total. The first-order valence-electron chi connectivity index (χ1n) is 5.24. The minimum absolute atomic E-state index is 0.160. The van der Waals surface area contributed by atoms with Crippen molar-refractivity contribution in [2.75, 3.05) is 32.8 Å². The maximum Gasteiger partial charge on any atom is 0.340 e. The van der Waals surface area contributed by atoms with Gasteiger partial charge in [0.2, 0.25) is 0 Å². The van der Waals surface area contributed by atoms with E-state index in [2.05, 4.69) is 10.1 Å². The van der Waals surface area contributed by atoms with Gasteiger partial charge in [0.05, 0.1) is 19.4 Å². The minimum atomic E-state index is -0.988. The number of carboxylic acids is 1. The molecule has 2 rings (SSSR count). The molecule has 1 saturated heterocycles. The highest BCUT2D eigenvalue weighted by Gasteiger charge is 2.17. The Hall–Kier alpha value is -1.40. The van der Waals surface area contributed by atoms with Crippen LogP contribution in [0.15, 0.2) is 10.7 Å². The van der Waals surface area contributed by atoms with Crippen LogP contribution in [0.1, 0.15) is 16.1 Å². The highest BCUT2D eigenvalue weighted by molar-refractivity contribution is 5.88. The number of rotatable bonds is 4. The van der Waals surface area contributed by atoms with E-state index in [9.17, 15) is 4.79 Å². The summed E-state index contributed by atoms with van der Waals surface area (Å²) in [6, 6.07) is 0. The molecule has 0 saturated carbocycles. The maximum atomic E-state index is 10.8. The van der Waals surface area contributed by atoms with E-state index in [0.29, 0.717) is 12.2 Å². The van der Waals surface area contributed by atoms with Crippen LogP contribution in [0.5, 0.6) is 0 Å². The molecule has 16 heavy (non-hydrogen) atoms. The fourth-order valence-electron chi connectivity index (χ4n) is 1.70. The monoisotopic (exact) mass is 226 g/mol. The Bertz CT molecular complexity index is 357. The number of aromatic nitrogens is 1. The van der Waals surface area contributed by atoms with Crippen LogP contribution >= 0.6 is 0 Å². The quantitative estimate of drug-likeness (QED) is 0.793. The standard InChI is InChI=1S/C10H14N2O4/c13-10(14)8-7-11-16-9(8)1-2-12-3-5-15-6-4-12/h7H,1-6H2,(H,13,14). The van der Waals surface area contributed by atoms with Crippen molar-refractivity contribution < 1.29 is 19.2 Å². The van der Waals surface area contributed by atoms with Gasteiger partial charge < -0.3 is 14.4 Å². The predicted molar refractivity (Wildman–Crippen MR) is 54.4 cm³/mol. The minimum Gasteiger partial charge on any atom is -0.478 e. The van der Waals surface area contributed by atoms with Crippen LogP contribution < -0.4 is 0 Å². The van der Waals surface area contributed by atoms with Crippen LogP contribution in [-0.4, -0.2) is 54.0 Å². The fraction of sp³-hybridized carbons (Fsp3) is 0.600. The van der Waals surface area contributed by atoms with Gasteiger partial charge in [0.25, 0.3) is 0 Å². The summed E-state index contributed by atoms with van der Waals surface area (Å²) >= 11 is 0. The molecule has 1 aromatic rings. The predicted octanol–water partition coefficient (Wildman–Crippen LogP) is 0.248. The summed E-state index contributed by atoms with van der Waals surface area (Å²) in [5, 5.41) is 12.4. The van der Waals surface area contributed by atoms with Crippen molar-refractivity contribution in [1.82, 2.24) is 10.1 Å². The SMILES string of the molecule is O=C(O)c1cnoc1CCN1CCOCC1. The van der Waals surface area contributed by atoms with E-state index in [1.165, 1.54) is 6.20 Å². The Morgan fingerprint density at radius 1 is 1.50 bits per heavy atom. The van der Waals surface area contributed by atoms with Crippen LogP contribution in [0.2, 0.25) is 0 Å². The topological polar surface area (TPSA) is 75.8 Å². The first-order valence-corrected chi connectivity index (χ1v) is 5.24. The summed E-state index contributed by atoms with van der Waals surface area (Å²) in [6.45, 7) is 4.02. The second-order valence-electron chi connectivity index (χ2n) is 3.67. The third-order valence-electron chi connectivity index (χ3n) is 2.63. The lowest BCUT2D eigenvalue weighted by Gasteiger charge is -2.25. The van der Waals surface area contributed by atoms with Gasteiger partial charge in [-0.1, -0.05) is 5.16 Å². The van der Waals surface area contributed by atoms with E-state index >= 15 is 0 Å². The molecule has 1 aliphatic heterocycles. The lowest BCUT2D eigenvalue weighted by Crippen LogP contribution is -2.37. The Kier molecular flexibility index (Phi) is 3.53. The van der Waals surface area contributed by atoms with E-state index in [1.807, 2.05) is 0 Å². The molecule has 0 amide bonds. The summed E-state index contributed by atoms with van der Waals surface area (Å²) < 4.78 is 10.2. The van der Waals surface area contributed by atoms with Gasteiger partial charge >= 0.3 is 5.97 Å². The van der Waals surface area contributed by atoms with Gasteiger partial charge in [-0.2, -0.15) is 0 Å². The van der Waals surface area contributed by atoms with Gasteiger partial charge in [0.1, 0.15) is 5.56 Å². The number of carboxylic acid groups (broad SMARTS) is 1. The number of ether oxygens (including phenoxy) is 1. The van der Waals surface area contributed by atoms with Crippen molar-refractivity contribution >= 4 is 5.97 Å². The third kappa shape index (κ3) is 2.59. The number of morpholine rings is 1. The first-order chi connectivity index (χ1) is 7.77. The molecule has 0 aromatic carbocycles. The molecule has 1 aromatic heterocycles. The van der Waals surface area contributed by atoms with E-state index in [4.69, 9.17) is 14.4 Å². The molecule has 88 valence electrons. The lowest BCUT2D eigenvalue weighted by molar-refractivity contribution is 0.0376. The number of hydrogen-bond acceptors (Lipinski definition) is 5. The van der Waals surface area contributed by atoms with Crippen molar-refractivity contribution in [3.8, 4) is 0 Å². The Morgan fingerprint density at radius 3 is 2.94 bits per heavy atom. The van der Waals surface area contributed by atoms with Gasteiger partial charge in [-0.15, -0.1) is 0 Å². The second kappa shape index (κ2) is 5.09. The molecule has 0 aliphatic carbocycles. The zero-order valence-corrected chi connectivity index (χ0v) is 8.89. The van der Waals surface area contributed by atoms with Crippen LogP contribution in [0.25, 0.3) is 0 Å². The van der Waals surface area contributed by atoms with Gasteiger partial charge in [-0.3, -0.25) is 4.90 Å². The summed E-state index contributed by atoms with van der Waals surface area (Å²) in [6.07, 6.45) is 1.82. The van der Waals surface area contributed by atoms with E-state index < -0.39 is 5.97 Å². The van der Waals surface area contributed by atoms with E-state index in [1.54, 1.807) is 0 Å². The van der Waals surface area contributed by atoms with Gasteiger partial charge in [0.15, 0.2) is 5.76 Å². The molecule has 2 heterocycles. The number of carbonyl (C=O) groups is 1. The largest absolute Gasteiger partial charge is 0.478 e. The highest BCUT2D eigenvalue weighted by atomic mass is 16.5. The summed E-state index contributed by atoms with van der Waals surface area (Å²) in [5.41, 5.74) is 0.160. The number of aromatic carboxylic acids is 1. The third-order valence-corrected chi connectivity index (χ3v) is 2.63. The fourth-order valence-corrected chi connectivity index (χ4v) is 1.70. The Morgan fingerprint density at radius 2 is 2.25 bits per heavy atom. The van der Waals surface area contributed by atoms with Gasteiger partial charge in [-0.25, -0.2) is 4.79 Å². The second-order valence-corrected chi connectivity index (χ2v) is 3.67. The van der Waals surface area contributed by atoms with Crippen LogP contribution in [0, 0.1) is 0 Å². The average molecular weight is 226 g/mol. The van der Waals surface area contributed by atoms with Gasteiger partial charge in [-0.05, 0) is 0 Å². The molecule has 1 aliphatic rings. The normalized spacial score (nSPS) is 17.5. The zero-order valence-electron chi connectivity index (χ0n) is 8.89.